The van der Waals surface area contributed by atoms with E-state index in [1.54, 1.807) is 4.90 Å². The molecule has 0 radical (unpaired) electrons. The van der Waals surface area contributed by atoms with E-state index in [1.807, 2.05) is 73.3 Å². The van der Waals surface area contributed by atoms with Crippen LogP contribution in [0.5, 0.6) is 0 Å². The Kier molecular flexibility index (Phi) is 11.1. The Morgan fingerprint density at radius 2 is 1.41 bits per heavy atom. The molecule has 1 aliphatic carbocycles. The number of nitrogens with zero attached hydrogens (tertiary/aromatic N) is 4. The number of hydrogen-bond acceptors (Lipinski definition) is 8. The smallest absolute Gasteiger partial charge is 0.407 e. The van der Waals surface area contributed by atoms with Crippen LogP contribution in [0.4, 0.5) is 9.59 Å². The minimum absolute atomic E-state index is 0.108. The number of rotatable bonds is 8. The zero-order valence-corrected chi connectivity index (χ0v) is 33.6. The van der Waals surface area contributed by atoms with Crippen molar-refractivity contribution >= 4 is 35.0 Å². The molecule has 4 atom stereocenters. The second-order valence-corrected chi connectivity index (χ2v) is 15.6. The van der Waals surface area contributed by atoms with E-state index in [2.05, 4.69) is 44.6 Å². The van der Waals surface area contributed by atoms with Gasteiger partial charge in [-0.15, -0.1) is 0 Å². The summed E-state index contributed by atoms with van der Waals surface area (Å²) in [6.07, 6.45) is 3.52. The minimum Gasteiger partial charge on any atom is -0.453 e. The highest BCUT2D eigenvalue weighted by atomic mass is 16.5. The van der Waals surface area contributed by atoms with Crippen LogP contribution in [-0.2, 0) is 31.9 Å². The fraction of sp³-hybridized carbons (Fsp3) is 0.378. The molecule has 0 bridgehead atoms. The molecule has 2 aliphatic heterocycles. The molecule has 8 rings (SSSR count). The third kappa shape index (κ3) is 7.97. The Labute approximate surface area is 342 Å². The van der Waals surface area contributed by atoms with Crippen LogP contribution in [0.3, 0.4) is 0 Å². The van der Waals surface area contributed by atoms with Crippen molar-refractivity contribution in [3.8, 4) is 23.1 Å². The summed E-state index contributed by atoms with van der Waals surface area (Å²) in [6.45, 7) is 4.96. The fourth-order valence-corrected chi connectivity index (χ4v) is 8.55. The van der Waals surface area contributed by atoms with Crippen molar-refractivity contribution in [2.24, 2.45) is 5.92 Å². The van der Waals surface area contributed by atoms with Gasteiger partial charge in [-0.3, -0.25) is 9.59 Å². The first-order valence-corrected chi connectivity index (χ1v) is 20.2. The third-order valence-corrected chi connectivity index (χ3v) is 11.6. The van der Waals surface area contributed by atoms with Crippen molar-refractivity contribution in [2.75, 3.05) is 27.3 Å². The topological polar surface area (TPSA) is 175 Å². The number of likely N-dealkylation sites (tertiary alicyclic amines) is 2. The van der Waals surface area contributed by atoms with Crippen LogP contribution in [0.15, 0.2) is 66.7 Å². The molecule has 0 spiro atoms. The maximum Gasteiger partial charge on any atom is 0.407 e. The minimum atomic E-state index is -0.889. The maximum absolute atomic E-state index is 13.9. The molecule has 4 heterocycles. The highest BCUT2D eigenvalue weighted by Gasteiger charge is 2.39. The SMILES string of the molecule is COC(=O)NC(C(=O)N1CCCC1c1nc2ccc(C#Cc3ccc4c(c3)CCc3[nH]c(C5CCCN5C(=O)C(NC(=O)OC)C(C)C)nc3-4)cc2[nH]1)c1ccccc1. The number of benzene rings is 3. The van der Waals surface area contributed by atoms with Crippen molar-refractivity contribution < 1.29 is 28.7 Å². The average molecular weight is 797 g/mol. The molecule has 59 heavy (non-hydrogen) atoms. The average Bonchev–Trinajstić information content (AvgIpc) is 4.09. The number of aromatic amines is 2. The van der Waals surface area contributed by atoms with E-state index in [1.165, 1.54) is 19.8 Å². The summed E-state index contributed by atoms with van der Waals surface area (Å²) in [7, 11) is 2.57. The first-order valence-electron chi connectivity index (χ1n) is 20.2. The Balaban J connectivity index is 0.976. The van der Waals surface area contributed by atoms with Gasteiger partial charge >= 0.3 is 12.2 Å². The molecule has 2 fully saturated rings. The number of carbonyl (C=O) groups is 4. The predicted octanol–water partition coefficient (Wildman–Crippen LogP) is 6.26. The molecule has 14 heteroatoms. The van der Waals surface area contributed by atoms with E-state index >= 15 is 0 Å². The number of H-pyrrole nitrogens is 2. The summed E-state index contributed by atoms with van der Waals surface area (Å²) in [6, 6.07) is 19.2. The van der Waals surface area contributed by atoms with Crippen LogP contribution >= 0.6 is 0 Å². The molecule has 304 valence electrons. The van der Waals surface area contributed by atoms with Crippen molar-refractivity contribution in [1.82, 2.24) is 40.4 Å². The number of alkyl carbamates (subject to hydrolysis) is 2. The molecule has 4 N–H and O–H groups in total. The van der Waals surface area contributed by atoms with Gasteiger partial charge in [-0.2, -0.15) is 0 Å². The standard InChI is InChI=1S/C45H48N8O6/c1-26(2)37(50-44(56)58-3)42(54)52-22-9-13-36(52)41-47-33-21-18-30-24-27(16-19-31(30)39(33)49-41)14-15-28-17-20-32-34(25-28)48-40(46-32)35-12-8-23-53(35)43(55)38(51-45(57)59-4)29-10-6-5-7-11-29/h5-7,10-11,16-17,19-20,24-26,35-38H,8-9,12-13,18,21-23H2,1-4H3,(H,46,48)(H,47,49)(H,50,56)(H,51,57). The van der Waals surface area contributed by atoms with Gasteiger partial charge in [-0.1, -0.05) is 62.1 Å². The van der Waals surface area contributed by atoms with E-state index in [0.717, 1.165) is 83.5 Å². The van der Waals surface area contributed by atoms with Crippen LogP contribution in [0.25, 0.3) is 22.3 Å². The summed E-state index contributed by atoms with van der Waals surface area (Å²) in [5.41, 5.74) is 8.20. The molecule has 2 aromatic heterocycles. The predicted molar refractivity (Wildman–Crippen MR) is 220 cm³/mol. The normalized spacial score (nSPS) is 18.1. The summed E-state index contributed by atoms with van der Waals surface area (Å²) in [5, 5.41) is 5.43. The number of carbonyl (C=O) groups excluding carboxylic acids is 4. The number of hydrogen-bond donors (Lipinski definition) is 4. The summed E-state index contributed by atoms with van der Waals surface area (Å²) >= 11 is 0. The van der Waals surface area contributed by atoms with Gasteiger partial charge in [0.05, 0.1) is 43.0 Å². The zero-order chi connectivity index (χ0) is 41.2. The van der Waals surface area contributed by atoms with Gasteiger partial charge in [-0.25, -0.2) is 19.6 Å². The summed E-state index contributed by atoms with van der Waals surface area (Å²) in [4.78, 5) is 72.5. The van der Waals surface area contributed by atoms with Gasteiger partial charge in [0.2, 0.25) is 5.91 Å². The Bertz CT molecular complexity index is 2460. The molecule has 2 saturated heterocycles. The Morgan fingerprint density at radius 3 is 2.10 bits per heavy atom. The number of aromatic nitrogens is 4. The molecule has 3 aromatic carbocycles. The van der Waals surface area contributed by atoms with Crippen molar-refractivity contribution in [3.05, 3.63) is 106 Å². The van der Waals surface area contributed by atoms with Crippen LogP contribution in [0, 0.1) is 17.8 Å². The Morgan fingerprint density at radius 1 is 0.763 bits per heavy atom. The van der Waals surface area contributed by atoms with Crippen molar-refractivity contribution in [3.63, 3.8) is 0 Å². The summed E-state index contributed by atoms with van der Waals surface area (Å²) in [5.74, 6) is 7.68. The first-order chi connectivity index (χ1) is 28.6. The van der Waals surface area contributed by atoms with Crippen LogP contribution in [0.1, 0.15) is 97.3 Å². The second-order valence-electron chi connectivity index (χ2n) is 15.6. The van der Waals surface area contributed by atoms with E-state index in [0.29, 0.717) is 24.5 Å². The second kappa shape index (κ2) is 16.7. The van der Waals surface area contributed by atoms with Crippen LogP contribution < -0.4 is 10.6 Å². The van der Waals surface area contributed by atoms with Gasteiger partial charge in [0.1, 0.15) is 23.7 Å². The molecule has 14 nitrogen and oxygen atoms in total. The molecular formula is C45H48N8O6. The highest BCUT2D eigenvalue weighted by Crippen LogP contribution is 2.38. The van der Waals surface area contributed by atoms with Gasteiger partial charge < -0.3 is 39.9 Å². The Hall–Kier alpha value is -6.62. The number of imidazole rings is 2. The first kappa shape index (κ1) is 39.2. The molecule has 4 amide bonds. The monoisotopic (exact) mass is 796 g/mol. The van der Waals surface area contributed by atoms with Gasteiger partial charge in [0, 0.05) is 35.5 Å². The van der Waals surface area contributed by atoms with Crippen LogP contribution in [-0.4, -0.2) is 87.1 Å². The van der Waals surface area contributed by atoms with Crippen molar-refractivity contribution in [2.45, 2.75) is 76.5 Å². The van der Waals surface area contributed by atoms with E-state index in [4.69, 9.17) is 19.4 Å². The summed E-state index contributed by atoms with van der Waals surface area (Å²) < 4.78 is 9.62. The lowest BCUT2D eigenvalue weighted by molar-refractivity contribution is -0.135. The quantitative estimate of drug-likeness (QED) is 0.133. The third-order valence-electron chi connectivity index (χ3n) is 11.6. The molecule has 5 aromatic rings. The van der Waals surface area contributed by atoms with Crippen molar-refractivity contribution in [1.29, 1.82) is 0 Å². The zero-order valence-electron chi connectivity index (χ0n) is 33.6. The van der Waals surface area contributed by atoms with Gasteiger partial charge in [0.15, 0.2) is 0 Å². The number of amides is 4. The van der Waals surface area contributed by atoms with Crippen LogP contribution in [0.2, 0.25) is 0 Å². The number of methoxy groups -OCH3 is 2. The maximum atomic E-state index is 13.9. The van der Waals surface area contributed by atoms with E-state index < -0.39 is 24.3 Å². The van der Waals surface area contributed by atoms with Gasteiger partial charge in [0.25, 0.3) is 5.91 Å². The molecule has 4 unspecified atom stereocenters. The lowest BCUT2D eigenvalue weighted by atomic mass is 9.91. The molecule has 0 saturated carbocycles. The lowest BCUT2D eigenvalue weighted by Crippen LogP contribution is -2.51. The highest BCUT2D eigenvalue weighted by molar-refractivity contribution is 5.88. The number of ether oxygens (including phenoxy) is 2. The fourth-order valence-electron chi connectivity index (χ4n) is 8.55. The van der Waals surface area contributed by atoms with E-state index in [9.17, 15) is 19.2 Å². The molecule has 3 aliphatic rings. The largest absolute Gasteiger partial charge is 0.453 e. The number of aryl methyl sites for hydroxylation is 2. The number of nitrogens with one attached hydrogen (secondary N) is 4. The molecular weight excluding hydrogens is 749 g/mol. The number of fused-ring (bicyclic) bond motifs is 4. The van der Waals surface area contributed by atoms with Gasteiger partial charge in [-0.05, 0) is 85.9 Å². The van der Waals surface area contributed by atoms with E-state index in [-0.39, 0.29) is 29.8 Å². The lowest BCUT2D eigenvalue weighted by Gasteiger charge is -2.30.